The second-order valence-corrected chi connectivity index (χ2v) is 3.74. The number of ether oxygens (including phenoxy) is 1. The number of aliphatic hydroxyl groups is 1. The number of hydrogen-bond donors (Lipinski definition) is 2. The van der Waals surface area contributed by atoms with E-state index in [4.69, 9.17) is 5.11 Å². The van der Waals surface area contributed by atoms with Crippen LogP contribution >= 0.6 is 0 Å². The Bertz CT molecular complexity index is 528. The fourth-order valence-corrected chi connectivity index (χ4v) is 1.53. The zero-order valence-electron chi connectivity index (χ0n) is 8.96. The molecule has 0 saturated carbocycles. The van der Waals surface area contributed by atoms with Gasteiger partial charge in [-0.1, -0.05) is 12.1 Å². The summed E-state index contributed by atoms with van der Waals surface area (Å²) in [5.74, 6) is -2.70. The SMILES string of the molecule is O=C1Nc2cccc(C(O)C(F)(F)F)c2OC1(F)F. The summed E-state index contributed by atoms with van der Waals surface area (Å²) in [5, 5.41) is 10.8. The number of benzene rings is 1. The molecule has 0 radical (unpaired) electrons. The highest BCUT2D eigenvalue weighted by atomic mass is 19.4. The van der Waals surface area contributed by atoms with Crippen LogP contribution in [0.25, 0.3) is 0 Å². The Labute approximate surface area is 102 Å². The molecule has 9 heteroatoms. The third kappa shape index (κ3) is 2.33. The van der Waals surface area contributed by atoms with Crippen LogP contribution in [0.5, 0.6) is 5.75 Å². The van der Waals surface area contributed by atoms with Crippen molar-refractivity contribution in [2.24, 2.45) is 0 Å². The molecule has 1 unspecified atom stereocenters. The van der Waals surface area contributed by atoms with Gasteiger partial charge >= 0.3 is 18.2 Å². The maximum atomic E-state index is 13.0. The molecule has 104 valence electrons. The summed E-state index contributed by atoms with van der Waals surface area (Å²) in [4.78, 5) is 10.9. The summed E-state index contributed by atoms with van der Waals surface area (Å²) in [5.41, 5.74) is -1.26. The van der Waals surface area contributed by atoms with Crippen LogP contribution in [-0.4, -0.2) is 23.3 Å². The average molecular weight is 283 g/mol. The van der Waals surface area contributed by atoms with Crippen LogP contribution < -0.4 is 10.1 Å². The van der Waals surface area contributed by atoms with Crippen molar-refractivity contribution < 1.29 is 36.6 Å². The highest BCUT2D eigenvalue weighted by Gasteiger charge is 2.49. The molecule has 4 nitrogen and oxygen atoms in total. The number of rotatable bonds is 1. The number of carbonyl (C=O) groups excluding carboxylic acids is 1. The molecule has 0 aromatic heterocycles. The summed E-state index contributed by atoms with van der Waals surface area (Å²) in [6.07, 6.45) is -12.3. The minimum atomic E-state index is -5.05. The van der Waals surface area contributed by atoms with E-state index in [1.54, 1.807) is 5.32 Å². The molecule has 2 N–H and O–H groups in total. The summed E-state index contributed by atoms with van der Waals surface area (Å²) >= 11 is 0. The van der Waals surface area contributed by atoms with Crippen molar-refractivity contribution in [1.29, 1.82) is 0 Å². The Kier molecular flexibility index (Phi) is 2.89. The van der Waals surface area contributed by atoms with E-state index in [0.717, 1.165) is 18.2 Å². The summed E-state index contributed by atoms with van der Waals surface area (Å²) < 4.78 is 67.2. The first-order valence-corrected chi connectivity index (χ1v) is 4.89. The molecule has 0 bridgehead atoms. The third-order valence-corrected chi connectivity index (χ3v) is 2.39. The number of nitrogens with one attached hydrogen (secondary N) is 1. The number of alkyl halides is 5. The van der Waals surface area contributed by atoms with Crippen LogP contribution in [0.3, 0.4) is 0 Å². The van der Waals surface area contributed by atoms with Crippen LogP contribution in [0, 0.1) is 0 Å². The molecular formula is C10H6F5NO3. The number of amides is 1. The minimum absolute atomic E-state index is 0.364. The summed E-state index contributed by atoms with van der Waals surface area (Å²) in [6, 6.07) is 2.93. The van der Waals surface area contributed by atoms with Gasteiger partial charge in [-0.2, -0.15) is 22.0 Å². The van der Waals surface area contributed by atoms with E-state index in [0.29, 0.717) is 0 Å². The van der Waals surface area contributed by atoms with E-state index in [-0.39, 0.29) is 5.69 Å². The molecule has 1 aromatic rings. The van der Waals surface area contributed by atoms with Gasteiger partial charge in [0, 0.05) is 5.56 Å². The van der Waals surface area contributed by atoms with Gasteiger partial charge in [0.05, 0.1) is 5.69 Å². The van der Waals surface area contributed by atoms with E-state index in [2.05, 4.69) is 4.74 Å². The Balaban J connectivity index is 2.51. The zero-order valence-corrected chi connectivity index (χ0v) is 8.96. The predicted octanol–water partition coefficient (Wildman–Crippen LogP) is 2.21. The number of para-hydroxylation sites is 1. The van der Waals surface area contributed by atoms with Gasteiger partial charge in [-0.3, -0.25) is 4.79 Å². The Hall–Kier alpha value is -1.90. The van der Waals surface area contributed by atoms with Crippen molar-refractivity contribution in [1.82, 2.24) is 0 Å². The van der Waals surface area contributed by atoms with E-state index in [1.807, 2.05) is 0 Å². The maximum Gasteiger partial charge on any atom is 0.482 e. The number of carbonyl (C=O) groups is 1. The van der Waals surface area contributed by atoms with E-state index in [9.17, 15) is 26.7 Å². The van der Waals surface area contributed by atoms with Crippen molar-refractivity contribution in [2.75, 3.05) is 5.32 Å². The molecule has 0 saturated heterocycles. The molecule has 1 heterocycles. The quantitative estimate of drug-likeness (QED) is 0.777. The molecule has 1 aliphatic rings. The lowest BCUT2D eigenvalue weighted by molar-refractivity contribution is -0.210. The smallest absolute Gasteiger partial charge is 0.423 e. The largest absolute Gasteiger partial charge is 0.482 e. The van der Waals surface area contributed by atoms with Crippen LogP contribution in [0.1, 0.15) is 11.7 Å². The highest BCUT2D eigenvalue weighted by molar-refractivity contribution is 5.98. The Morgan fingerprint density at radius 1 is 1.32 bits per heavy atom. The van der Waals surface area contributed by atoms with Crippen LogP contribution in [0.2, 0.25) is 0 Å². The van der Waals surface area contributed by atoms with Crippen molar-refractivity contribution in [2.45, 2.75) is 18.4 Å². The molecule has 2 rings (SSSR count). The van der Waals surface area contributed by atoms with Gasteiger partial charge in [-0.15, -0.1) is 0 Å². The van der Waals surface area contributed by atoms with Gasteiger partial charge < -0.3 is 15.2 Å². The fraction of sp³-hybridized carbons (Fsp3) is 0.300. The van der Waals surface area contributed by atoms with E-state index in [1.165, 1.54) is 0 Å². The molecule has 1 amide bonds. The molecule has 1 atom stereocenters. The lowest BCUT2D eigenvalue weighted by Crippen LogP contribution is -2.44. The lowest BCUT2D eigenvalue weighted by atomic mass is 10.1. The topological polar surface area (TPSA) is 58.6 Å². The van der Waals surface area contributed by atoms with Gasteiger partial charge in [0.1, 0.15) is 0 Å². The maximum absolute atomic E-state index is 13.0. The second kappa shape index (κ2) is 4.05. The lowest BCUT2D eigenvalue weighted by Gasteiger charge is -2.28. The number of aliphatic hydroxyl groups excluding tert-OH is 1. The normalized spacial score (nSPS) is 19.2. The first-order valence-electron chi connectivity index (χ1n) is 4.89. The number of hydrogen-bond acceptors (Lipinski definition) is 3. The van der Waals surface area contributed by atoms with Gasteiger partial charge in [0.25, 0.3) is 0 Å². The van der Waals surface area contributed by atoms with Crippen molar-refractivity contribution in [3.05, 3.63) is 23.8 Å². The number of fused-ring (bicyclic) bond motifs is 1. The van der Waals surface area contributed by atoms with Crippen molar-refractivity contribution in [3.63, 3.8) is 0 Å². The van der Waals surface area contributed by atoms with Crippen LogP contribution in [-0.2, 0) is 4.79 Å². The molecule has 0 fully saturated rings. The minimum Gasteiger partial charge on any atom is -0.423 e. The fourth-order valence-electron chi connectivity index (χ4n) is 1.53. The van der Waals surface area contributed by atoms with Gasteiger partial charge in [-0.05, 0) is 6.07 Å². The summed E-state index contributed by atoms with van der Waals surface area (Å²) in [7, 11) is 0. The molecular weight excluding hydrogens is 277 g/mol. The van der Waals surface area contributed by atoms with Crippen LogP contribution in [0.4, 0.5) is 27.6 Å². The molecule has 0 spiro atoms. The van der Waals surface area contributed by atoms with Gasteiger partial charge in [0.2, 0.25) is 0 Å². The van der Waals surface area contributed by atoms with Crippen LogP contribution in [0.15, 0.2) is 18.2 Å². The number of anilines is 1. The average Bonchev–Trinajstić information content (AvgIpc) is 2.27. The molecule has 19 heavy (non-hydrogen) atoms. The number of halogens is 5. The standard InChI is InChI=1S/C10H6F5NO3/c11-9(12,13)7(17)4-2-1-3-5-6(4)19-10(14,15)8(18)16-5/h1-3,7,17H,(H,16,18). The van der Waals surface area contributed by atoms with E-state index >= 15 is 0 Å². The van der Waals surface area contributed by atoms with Gasteiger partial charge in [-0.25, -0.2) is 0 Å². The van der Waals surface area contributed by atoms with Crippen molar-refractivity contribution >= 4 is 11.6 Å². The monoisotopic (exact) mass is 283 g/mol. The third-order valence-electron chi connectivity index (χ3n) is 2.39. The first-order chi connectivity index (χ1) is 8.63. The molecule has 1 aromatic carbocycles. The van der Waals surface area contributed by atoms with Crippen molar-refractivity contribution in [3.8, 4) is 5.75 Å². The molecule has 1 aliphatic heterocycles. The second-order valence-electron chi connectivity index (χ2n) is 3.74. The highest BCUT2D eigenvalue weighted by Crippen LogP contribution is 2.44. The van der Waals surface area contributed by atoms with Gasteiger partial charge in [0.15, 0.2) is 11.9 Å². The first kappa shape index (κ1) is 13.5. The van der Waals surface area contributed by atoms with E-state index < -0.39 is 35.6 Å². The zero-order chi connectivity index (χ0) is 14.4. The Morgan fingerprint density at radius 3 is 2.53 bits per heavy atom. The Morgan fingerprint density at radius 2 is 1.95 bits per heavy atom. The molecule has 0 aliphatic carbocycles. The predicted molar refractivity (Wildman–Crippen MR) is 51.7 cm³/mol. The summed E-state index contributed by atoms with van der Waals surface area (Å²) in [6.45, 7) is 0.